The first-order chi connectivity index (χ1) is 7.20. The molecule has 0 radical (unpaired) electrons. The van der Waals surface area contributed by atoms with Crippen molar-refractivity contribution in [1.29, 1.82) is 0 Å². The second-order valence-electron chi connectivity index (χ2n) is 4.23. The van der Waals surface area contributed by atoms with E-state index in [0.717, 1.165) is 26.3 Å². The molecule has 0 bridgehead atoms. The molecular weight excluding hydrogens is 206 g/mol. The highest BCUT2D eigenvalue weighted by Gasteiger charge is 1.98. The molecule has 1 heterocycles. The van der Waals surface area contributed by atoms with Crippen molar-refractivity contribution in [3.05, 3.63) is 21.9 Å². The molecule has 0 unspecified atom stereocenters. The molecule has 1 aromatic heterocycles. The SMILES string of the molecule is Cc1cscc1CNCCOCC(C)C. The molecule has 1 rings (SSSR count). The lowest BCUT2D eigenvalue weighted by Crippen LogP contribution is -2.20. The van der Waals surface area contributed by atoms with Gasteiger partial charge in [-0.1, -0.05) is 13.8 Å². The van der Waals surface area contributed by atoms with Crippen molar-refractivity contribution in [2.24, 2.45) is 5.92 Å². The van der Waals surface area contributed by atoms with Gasteiger partial charge in [0.05, 0.1) is 6.61 Å². The van der Waals surface area contributed by atoms with Crippen LogP contribution in [0.5, 0.6) is 0 Å². The highest BCUT2D eigenvalue weighted by Crippen LogP contribution is 2.12. The average molecular weight is 227 g/mol. The minimum atomic E-state index is 0.629. The van der Waals surface area contributed by atoms with Gasteiger partial charge in [0.15, 0.2) is 0 Å². The number of nitrogens with one attached hydrogen (secondary N) is 1. The van der Waals surface area contributed by atoms with E-state index in [1.807, 2.05) is 0 Å². The van der Waals surface area contributed by atoms with Crippen LogP contribution in [0.2, 0.25) is 0 Å². The van der Waals surface area contributed by atoms with Crippen molar-refractivity contribution >= 4 is 11.3 Å². The maximum Gasteiger partial charge on any atom is 0.0591 e. The first-order valence-corrected chi connectivity index (χ1v) is 6.44. The molecule has 0 aliphatic rings. The zero-order chi connectivity index (χ0) is 11.1. The van der Waals surface area contributed by atoms with Gasteiger partial charge in [0.2, 0.25) is 0 Å². The van der Waals surface area contributed by atoms with Gasteiger partial charge in [0, 0.05) is 19.7 Å². The molecule has 0 aliphatic carbocycles. The van der Waals surface area contributed by atoms with Crippen molar-refractivity contribution < 1.29 is 4.74 Å². The number of hydrogen-bond acceptors (Lipinski definition) is 3. The van der Waals surface area contributed by atoms with Crippen molar-refractivity contribution in [2.45, 2.75) is 27.3 Å². The fourth-order valence-corrected chi connectivity index (χ4v) is 2.11. The lowest BCUT2D eigenvalue weighted by molar-refractivity contribution is 0.111. The van der Waals surface area contributed by atoms with E-state index in [-0.39, 0.29) is 0 Å². The van der Waals surface area contributed by atoms with Crippen LogP contribution in [-0.2, 0) is 11.3 Å². The monoisotopic (exact) mass is 227 g/mol. The van der Waals surface area contributed by atoms with E-state index in [2.05, 4.69) is 36.8 Å². The van der Waals surface area contributed by atoms with E-state index in [1.165, 1.54) is 11.1 Å². The molecule has 0 aliphatic heterocycles. The van der Waals surface area contributed by atoms with E-state index >= 15 is 0 Å². The summed E-state index contributed by atoms with van der Waals surface area (Å²) in [5.74, 6) is 0.629. The van der Waals surface area contributed by atoms with Gasteiger partial charge in [-0.15, -0.1) is 0 Å². The van der Waals surface area contributed by atoms with E-state index < -0.39 is 0 Å². The smallest absolute Gasteiger partial charge is 0.0591 e. The first kappa shape index (κ1) is 12.7. The second-order valence-corrected chi connectivity index (χ2v) is 4.97. The van der Waals surface area contributed by atoms with Crippen LogP contribution in [0.15, 0.2) is 10.8 Å². The van der Waals surface area contributed by atoms with E-state index in [0.29, 0.717) is 5.92 Å². The molecule has 0 aromatic carbocycles. The summed E-state index contributed by atoms with van der Waals surface area (Å²) in [6, 6.07) is 0. The summed E-state index contributed by atoms with van der Waals surface area (Å²) in [7, 11) is 0. The average Bonchev–Trinajstić information content (AvgIpc) is 2.57. The Bertz CT molecular complexity index is 270. The Morgan fingerprint density at radius 1 is 1.40 bits per heavy atom. The van der Waals surface area contributed by atoms with Crippen LogP contribution in [-0.4, -0.2) is 19.8 Å². The summed E-state index contributed by atoms with van der Waals surface area (Å²) in [4.78, 5) is 0. The van der Waals surface area contributed by atoms with Crippen LogP contribution in [0.1, 0.15) is 25.0 Å². The maximum atomic E-state index is 5.48. The minimum absolute atomic E-state index is 0.629. The highest BCUT2D eigenvalue weighted by molar-refractivity contribution is 7.08. The van der Waals surface area contributed by atoms with Gasteiger partial charge < -0.3 is 10.1 Å². The molecule has 1 aromatic rings. The summed E-state index contributed by atoms with van der Waals surface area (Å²) in [6.07, 6.45) is 0. The Labute approximate surface area is 96.7 Å². The van der Waals surface area contributed by atoms with Crippen LogP contribution in [0.4, 0.5) is 0 Å². The summed E-state index contributed by atoms with van der Waals surface area (Å²) in [5, 5.41) is 7.78. The zero-order valence-electron chi connectivity index (χ0n) is 9.88. The molecule has 86 valence electrons. The number of thiophene rings is 1. The third kappa shape index (κ3) is 5.30. The molecule has 0 saturated heterocycles. The quantitative estimate of drug-likeness (QED) is 0.723. The van der Waals surface area contributed by atoms with Gasteiger partial charge in [-0.2, -0.15) is 11.3 Å². The molecule has 0 spiro atoms. The summed E-state index contributed by atoms with van der Waals surface area (Å²) < 4.78 is 5.48. The van der Waals surface area contributed by atoms with Crippen LogP contribution in [0.25, 0.3) is 0 Å². The Balaban J connectivity index is 2.00. The number of hydrogen-bond donors (Lipinski definition) is 1. The van der Waals surface area contributed by atoms with Crippen LogP contribution < -0.4 is 5.32 Å². The van der Waals surface area contributed by atoms with E-state index in [4.69, 9.17) is 4.74 Å². The summed E-state index contributed by atoms with van der Waals surface area (Å²) in [5.41, 5.74) is 2.79. The molecule has 15 heavy (non-hydrogen) atoms. The fraction of sp³-hybridized carbons (Fsp3) is 0.667. The van der Waals surface area contributed by atoms with Crippen LogP contribution >= 0.6 is 11.3 Å². The highest BCUT2D eigenvalue weighted by atomic mass is 32.1. The van der Waals surface area contributed by atoms with Gasteiger partial charge in [-0.05, 0) is 34.7 Å². The molecular formula is C12H21NOS. The number of rotatable bonds is 7. The first-order valence-electron chi connectivity index (χ1n) is 5.50. The molecule has 0 saturated carbocycles. The fourth-order valence-electron chi connectivity index (χ4n) is 1.25. The van der Waals surface area contributed by atoms with Gasteiger partial charge in [-0.25, -0.2) is 0 Å². The molecule has 0 amide bonds. The number of aryl methyl sites for hydroxylation is 1. The molecule has 3 heteroatoms. The third-order valence-corrected chi connectivity index (χ3v) is 3.06. The van der Waals surface area contributed by atoms with Gasteiger partial charge >= 0.3 is 0 Å². The molecule has 2 nitrogen and oxygen atoms in total. The van der Waals surface area contributed by atoms with Crippen LogP contribution in [0, 0.1) is 12.8 Å². The summed E-state index contributed by atoms with van der Waals surface area (Å²) >= 11 is 1.77. The lowest BCUT2D eigenvalue weighted by atomic mass is 10.2. The van der Waals surface area contributed by atoms with Gasteiger partial charge in [-0.3, -0.25) is 0 Å². The van der Waals surface area contributed by atoms with Crippen molar-refractivity contribution in [3.63, 3.8) is 0 Å². The van der Waals surface area contributed by atoms with Crippen molar-refractivity contribution in [1.82, 2.24) is 5.32 Å². The van der Waals surface area contributed by atoms with Gasteiger partial charge in [0.25, 0.3) is 0 Å². The predicted octanol–water partition coefficient (Wildman–Crippen LogP) is 2.82. The lowest BCUT2D eigenvalue weighted by Gasteiger charge is -2.07. The molecule has 1 N–H and O–H groups in total. The van der Waals surface area contributed by atoms with E-state index in [1.54, 1.807) is 11.3 Å². The Hall–Kier alpha value is -0.380. The standard InChI is InChI=1S/C12H21NOS/c1-10(2)7-14-5-4-13-6-12-9-15-8-11(12)3/h8-10,13H,4-7H2,1-3H3. The molecule has 0 fully saturated rings. The third-order valence-electron chi connectivity index (χ3n) is 2.15. The second kappa shape index (κ2) is 6.99. The summed E-state index contributed by atoms with van der Waals surface area (Å²) in [6.45, 7) is 10.1. The normalized spacial score (nSPS) is 11.2. The zero-order valence-corrected chi connectivity index (χ0v) is 10.7. The van der Waals surface area contributed by atoms with Crippen molar-refractivity contribution in [3.8, 4) is 0 Å². The van der Waals surface area contributed by atoms with Crippen molar-refractivity contribution in [2.75, 3.05) is 19.8 Å². The Kier molecular flexibility index (Phi) is 5.91. The molecule has 0 atom stereocenters. The van der Waals surface area contributed by atoms with Gasteiger partial charge in [0.1, 0.15) is 0 Å². The number of ether oxygens (including phenoxy) is 1. The minimum Gasteiger partial charge on any atom is -0.380 e. The predicted molar refractivity (Wildman–Crippen MR) is 66.4 cm³/mol. The largest absolute Gasteiger partial charge is 0.380 e. The maximum absolute atomic E-state index is 5.48. The van der Waals surface area contributed by atoms with E-state index in [9.17, 15) is 0 Å². The van der Waals surface area contributed by atoms with Crippen LogP contribution in [0.3, 0.4) is 0 Å². The Morgan fingerprint density at radius 3 is 2.80 bits per heavy atom. The topological polar surface area (TPSA) is 21.3 Å². The Morgan fingerprint density at radius 2 is 2.20 bits per heavy atom.